The smallest absolute Gasteiger partial charge is 0.271 e. The largest absolute Gasteiger partial charge is 0.311 e. The Hall–Kier alpha value is -3.55. The zero-order valence-electron chi connectivity index (χ0n) is 14.0. The lowest BCUT2D eigenvalue weighted by Crippen LogP contribution is -2.36. The van der Waals surface area contributed by atoms with Crippen LogP contribution in [0.15, 0.2) is 59.7 Å². The van der Waals surface area contributed by atoms with Crippen molar-refractivity contribution in [1.29, 1.82) is 0 Å². The van der Waals surface area contributed by atoms with Crippen molar-refractivity contribution in [3.63, 3.8) is 0 Å². The molecule has 0 spiro atoms. The van der Waals surface area contributed by atoms with Gasteiger partial charge in [0.15, 0.2) is 0 Å². The average Bonchev–Trinajstić information content (AvgIpc) is 2.65. The number of carbonyl (C=O) groups excluding carboxylic acids is 1. The molecule has 0 unspecified atom stereocenters. The minimum atomic E-state index is -0.546. The minimum Gasteiger partial charge on any atom is -0.311 e. The summed E-state index contributed by atoms with van der Waals surface area (Å²) < 4.78 is 1.21. The van der Waals surface area contributed by atoms with E-state index in [2.05, 4.69) is 4.98 Å². The van der Waals surface area contributed by atoms with Gasteiger partial charge < -0.3 is 4.90 Å². The molecule has 0 fully saturated rings. The number of hydrogen-bond donors (Lipinski definition) is 0. The van der Waals surface area contributed by atoms with Crippen LogP contribution in [-0.2, 0) is 11.3 Å². The van der Waals surface area contributed by atoms with Crippen LogP contribution < -0.4 is 10.5 Å². The van der Waals surface area contributed by atoms with E-state index < -0.39 is 10.5 Å². The molecule has 3 rings (SSSR count). The van der Waals surface area contributed by atoms with Gasteiger partial charge in [-0.3, -0.25) is 24.3 Å². The van der Waals surface area contributed by atoms with Crippen molar-refractivity contribution < 1.29 is 9.72 Å². The highest BCUT2D eigenvalue weighted by Gasteiger charge is 2.16. The van der Waals surface area contributed by atoms with Crippen LogP contribution in [0.25, 0.3) is 10.9 Å². The number of carbonyl (C=O) groups is 1. The lowest BCUT2D eigenvalue weighted by Gasteiger charge is -2.21. The lowest BCUT2D eigenvalue weighted by molar-refractivity contribution is -0.384. The van der Waals surface area contributed by atoms with E-state index >= 15 is 0 Å². The molecular weight excluding hydrogens is 336 g/mol. The van der Waals surface area contributed by atoms with E-state index in [0.29, 0.717) is 6.54 Å². The Bertz CT molecular complexity index is 1030. The van der Waals surface area contributed by atoms with Gasteiger partial charge in [-0.05, 0) is 25.1 Å². The average molecular weight is 352 g/mol. The highest BCUT2D eigenvalue weighted by molar-refractivity contribution is 5.93. The van der Waals surface area contributed by atoms with Gasteiger partial charge in [-0.15, -0.1) is 0 Å². The predicted octanol–water partition coefficient (Wildman–Crippen LogP) is 2.36. The van der Waals surface area contributed by atoms with Crippen LogP contribution in [0.3, 0.4) is 0 Å². The Balaban J connectivity index is 1.92. The second-order valence-electron chi connectivity index (χ2n) is 5.61. The van der Waals surface area contributed by atoms with Crippen LogP contribution in [0.5, 0.6) is 0 Å². The molecule has 1 aromatic heterocycles. The number of para-hydroxylation sites is 1. The molecule has 1 amide bonds. The summed E-state index contributed by atoms with van der Waals surface area (Å²) in [6.07, 6.45) is 1.24. The second kappa shape index (κ2) is 7.14. The minimum absolute atomic E-state index is 0.139. The van der Waals surface area contributed by atoms with E-state index in [1.165, 1.54) is 29.1 Å². The fraction of sp³-hybridized carbons (Fsp3) is 0.167. The van der Waals surface area contributed by atoms with E-state index in [4.69, 9.17) is 0 Å². The first kappa shape index (κ1) is 17.3. The van der Waals surface area contributed by atoms with E-state index in [1.807, 2.05) is 37.3 Å². The number of nitro benzene ring substituents is 1. The third-order valence-electron chi connectivity index (χ3n) is 4.01. The molecule has 0 saturated heterocycles. The molecule has 26 heavy (non-hydrogen) atoms. The molecule has 2 aromatic carbocycles. The number of anilines is 1. The van der Waals surface area contributed by atoms with E-state index in [1.54, 1.807) is 4.90 Å². The summed E-state index contributed by atoms with van der Waals surface area (Å²) >= 11 is 0. The van der Waals surface area contributed by atoms with Gasteiger partial charge in [0.25, 0.3) is 11.2 Å². The highest BCUT2D eigenvalue weighted by Crippen LogP contribution is 2.17. The van der Waals surface area contributed by atoms with E-state index in [9.17, 15) is 19.7 Å². The Morgan fingerprint density at radius 3 is 2.62 bits per heavy atom. The number of rotatable bonds is 5. The molecule has 8 heteroatoms. The number of amides is 1. The van der Waals surface area contributed by atoms with Crippen molar-refractivity contribution in [2.45, 2.75) is 13.5 Å². The molecule has 0 atom stereocenters. The molecule has 0 N–H and O–H groups in total. The third kappa shape index (κ3) is 3.30. The van der Waals surface area contributed by atoms with Crippen LogP contribution >= 0.6 is 0 Å². The van der Waals surface area contributed by atoms with Gasteiger partial charge in [0.2, 0.25) is 5.91 Å². The Morgan fingerprint density at radius 2 is 1.96 bits per heavy atom. The summed E-state index contributed by atoms with van der Waals surface area (Å²) in [5, 5.41) is 11.1. The van der Waals surface area contributed by atoms with E-state index in [-0.39, 0.29) is 29.0 Å². The summed E-state index contributed by atoms with van der Waals surface area (Å²) in [5.41, 5.74) is 0.419. The highest BCUT2D eigenvalue weighted by atomic mass is 16.6. The number of nitrogens with zero attached hydrogens (tertiary/aromatic N) is 4. The molecule has 0 bridgehead atoms. The Labute approximate surface area is 148 Å². The fourth-order valence-electron chi connectivity index (χ4n) is 2.71. The number of non-ortho nitro benzene ring substituents is 1. The van der Waals surface area contributed by atoms with Gasteiger partial charge in [-0.25, -0.2) is 4.98 Å². The fourth-order valence-corrected chi connectivity index (χ4v) is 2.71. The predicted molar refractivity (Wildman–Crippen MR) is 97.1 cm³/mol. The number of fused-ring (bicyclic) bond motifs is 1. The molecule has 1 heterocycles. The number of aromatic nitrogens is 2. The molecule has 3 aromatic rings. The maximum absolute atomic E-state index is 12.6. The Kier molecular flexibility index (Phi) is 4.74. The summed E-state index contributed by atoms with van der Waals surface area (Å²) in [7, 11) is 0. The quantitative estimate of drug-likeness (QED) is 0.518. The topological polar surface area (TPSA) is 98.3 Å². The molecule has 0 aliphatic rings. The number of nitro groups is 1. The monoisotopic (exact) mass is 352 g/mol. The first-order valence-electron chi connectivity index (χ1n) is 8.00. The van der Waals surface area contributed by atoms with Gasteiger partial charge in [0.05, 0.1) is 22.2 Å². The number of benzene rings is 2. The molecule has 0 aliphatic heterocycles. The standard InChI is InChI=1S/C18H16N4O4/c1-2-21(13-6-4-3-5-7-13)17(23)11-20-12-19-16-10-14(22(25)26)8-9-15(16)18(20)24/h3-10,12H,2,11H2,1H3. The van der Waals surface area contributed by atoms with Gasteiger partial charge in [0, 0.05) is 24.4 Å². The number of likely N-dealkylation sites (N-methyl/N-ethyl adjacent to an activating group) is 1. The van der Waals surface area contributed by atoms with Gasteiger partial charge >= 0.3 is 0 Å². The third-order valence-corrected chi connectivity index (χ3v) is 4.01. The molecule has 132 valence electrons. The van der Waals surface area contributed by atoms with Crippen LogP contribution in [0.1, 0.15) is 6.92 Å². The van der Waals surface area contributed by atoms with Gasteiger partial charge in [-0.1, -0.05) is 18.2 Å². The first-order valence-corrected chi connectivity index (χ1v) is 8.00. The summed E-state index contributed by atoms with van der Waals surface area (Å²) in [6.45, 7) is 2.15. The summed E-state index contributed by atoms with van der Waals surface area (Å²) in [5.74, 6) is -0.246. The molecular formula is C18H16N4O4. The van der Waals surface area contributed by atoms with Crippen molar-refractivity contribution in [2.75, 3.05) is 11.4 Å². The normalized spacial score (nSPS) is 10.7. The maximum Gasteiger partial charge on any atom is 0.271 e. The van der Waals surface area contributed by atoms with E-state index in [0.717, 1.165) is 5.69 Å². The van der Waals surface area contributed by atoms with Crippen LogP contribution in [0, 0.1) is 10.1 Å². The van der Waals surface area contributed by atoms with Crippen molar-refractivity contribution in [2.24, 2.45) is 0 Å². The van der Waals surface area contributed by atoms with Gasteiger partial charge in [-0.2, -0.15) is 0 Å². The lowest BCUT2D eigenvalue weighted by atomic mass is 10.2. The van der Waals surface area contributed by atoms with Crippen LogP contribution in [0.4, 0.5) is 11.4 Å². The van der Waals surface area contributed by atoms with Crippen molar-refractivity contribution in [1.82, 2.24) is 9.55 Å². The SMILES string of the molecule is CCN(C(=O)Cn1cnc2cc([N+](=O)[O-])ccc2c1=O)c1ccccc1. The van der Waals surface area contributed by atoms with Gasteiger partial charge in [0.1, 0.15) is 6.54 Å². The second-order valence-corrected chi connectivity index (χ2v) is 5.61. The van der Waals surface area contributed by atoms with Crippen LogP contribution in [-0.4, -0.2) is 26.9 Å². The van der Waals surface area contributed by atoms with Crippen molar-refractivity contribution >= 4 is 28.2 Å². The molecule has 0 radical (unpaired) electrons. The zero-order valence-corrected chi connectivity index (χ0v) is 14.0. The molecule has 0 saturated carbocycles. The summed E-state index contributed by atoms with van der Waals surface area (Å²) in [4.78, 5) is 41.1. The molecule has 0 aliphatic carbocycles. The van der Waals surface area contributed by atoms with Crippen molar-refractivity contribution in [3.05, 3.63) is 75.3 Å². The maximum atomic E-state index is 12.6. The van der Waals surface area contributed by atoms with Crippen molar-refractivity contribution in [3.8, 4) is 0 Å². The Morgan fingerprint density at radius 1 is 1.23 bits per heavy atom. The summed E-state index contributed by atoms with van der Waals surface area (Å²) in [6, 6.07) is 13.0. The zero-order chi connectivity index (χ0) is 18.7. The molecule has 8 nitrogen and oxygen atoms in total. The van der Waals surface area contributed by atoms with Crippen LogP contribution in [0.2, 0.25) is 0 Å². The number of hydrogen-bond acceptors (Lipinski definition) is 5. The first-order chi connectivity index (χ1) is 12.5.